The molecule has 1 fully saturated rings. The first kappa shape index (κ1) is 10.0. The minimum Gasteiger partial charge on any atom is -0.493 e. The number of carbonyl (C=O) groups is 1. The van der Waals surface area contributed by atoms with Crippen LogP contribution in [0.3, 0.4) is 0 Å². The van der Waals surface area contributed by atoms with E-state index in [1.165, 1.54) is 0 Å². The van der Waals surface area contributed by atoms with Crippen molar-refractivity contribution in [3.63, 3.8) is 0 Å². The van der Waals surface area contributed by atoms with Gasteiger partial charge in [0.25, 0.3) is 0 Å². The Hall–Kier alpha value is -1.51. The Morgan fingerprint density at radius 2 is 2.07 bits per heavy atom. The Morgan fingerprint density at radius 3 is 2.67 bits per heavy atom. The molecule has 0 atom stereocenters. The van der Waals surface area contributed by atoms with Gasteiger partial charge in [-0.15, -0.1) is 0 Å². The van der Waals surface area contributed by atoms with Crippen molar-refractivity contribution >= 4 is 5.97 Å². The molecule has 0 N–H and O–H groups in total. The Morgan fingerprint density at radius 1 is 1.33 bits per heavy atom. The maximum atomic E-state index is 11.5. The zero-order chi connectivity index (χ0) is 10.8. The lowest BCUT2D eigenvalue weighted by Crippen LogP contribution is -2.10. The first-order chi connectivity index (χ1) is 7.20. The van der Waals surface area contributed by atoms with Gasteiger partial charge in [0.1, 0.15) is 0 Å². The minimum atomic E-state index is -0.140. The number of ether oxygens (including phenoxy) is 2. The fourth-order valence-electron chi connectivity index (χ4n) is 1.37. The van der Waals surface area contributed by atoms with Gasteiger partial charge >= 0.3 is 5.97 Å². The predicted octanol–water partition coefficient (Wildman–Crippen LogP) is 2.32. The largest absolute Gasteiger partial charge is 0.493 e. The van der Waals surface area contributed by atoms with Crippen molar-refractivity contribution in [3.05, 3.63) is 23.8 Å². The highest BCUT2D eigenvalue weighted by molar-refractivity contribution is 5.78. The van der Waals surface area contributed by atoms with Crippen molar-refractivity contribution in [1.82, 2.24) is 0 Å². The predicted molar refractivity (Wildman–Crippen MR) is 56.1 cm³/mol. The third-order valence-electron chi connectivity index (χ3n) is 2.44. The van der Waals surface area contributed by atoms with E-state index in [-0.39, 0.29) is 11.9 Å². The number of rotatable bonds is 3. The van der Waals surface area contributed by atoms with E-state index in [0.717, 1.165) is 18.4 Å². The van der Waals surface area contributed by atoms with Gasteiger partial charge < -0.3 is 9.47 Å². The van der Waals surface area contributed by atoms with Gasteiger partial charge in [-0.3, -0.25) is 4.79 Å². The van der Waals surface area contributed by atoms with Crippen molar-refractivity contribution in [2.45, 2.75) is 19.8 Å². The van der Waals surface area contributed by atoms with Gasteiger partial charge in [0.05, 0.1) is 13.0 Å². The summed E-state index contributed by atoms with van der Waals surface area (Å²) < 4.78 is 10.4. The molecule has 0 radical (unpaired) electrons. The Kier molecular flexibility index (Phi) is 2.62. The molecule has 3 nitrogen and oxygen atoms in total. The van der Waals surface area contributed by atoms with Gasteiger partial charge in [0.15, 0.2) is 11.5 Å². The van der Waals surface area contributed by atoms with Crippen LogP contribution in [-0.2, 0) is 4.79 Å². The molecule has 1 aliphatic carbocycles. The molecule has 0 unspecified atom stereocenters. The monoisotopic (exact) mass is 206 g/mol. The Balaban J connectivity index is 2.17. The minimum absolute atomic E-state index is 0.107. The van der Waals surface area contributed by atoms with Crippen LogP contribution in [0.15, 0.2) is 18.2 Å². The van der Waals surface area contributed by atoms with Crippen molar-refractivity contribution in [3.8, 4) is 11.5 Å². The lowest BCUT2D eigenvalue weighted by molar-refractivity contribution is -0.135. The van der Waals surface area contributed by atoms with E-state index in [9.17, 15) is 4.79 Å². The smallest absolute Gasteiger partial charge is 0.314 e. The van der Waals surface area contributed by atoms with Crippen LogP contribution >= 0.6 is 0 Å². The van der Waals surface area contributed by atoms with Crippen molar-refractivity contribution in [2.24, 2.45) is 5.92 Å². The number of hydrogen-bond acceptors (Lipinski definition) is 3. The SMILES string of the molecule is COc1ccc(C)cc1OC(=O)C1CC1. The van der Waals surface area contributed by atoms with Crippen molar-refractivity contribution in [2.75, 3.05) is 7.11 Å². The van der Waals surface area contributed by atoms with Gasteiger partial charge in [-0.05, 0) is 37.5 Å². The molecule has 15 heavy (non-hydrogen) atoms. The van der Waals surface area contributed by atoms with E-state index in [0.29, 0.717) is 11.5 Å². The van der Waals surface area contributed by atoms with Gasteiger partial charge in [-0.25, -0.2) is 0 Å². The van der Waals surface area contributed by atoms with Crippen molar-refractivity contribution < 1.29 is 14.3 Å². The molecule has 3 heteroatoms. The van der Waals surface area contributed by atoms with Gasteiger partial charge in [-0.1, -0.05) is 6.07 Å². The quantitative estimate of drug-likeness (QED) is 0.562. The highest BCUT2D eigenvalue weighted by atomic mass is 16.6. The maximum Gasteiger partial charge on any atom is 0.314 e. The molecule has 1 aromatic rings. The molecule has 0 amide bonds. The van der Waals surface area contributed by atoms with Gasteiger partial charge in [0, 0.05) is 0 Å². The highest BCUT2D eigenvalue weighted by Gasteiger charge is 2.32. The first-order valence-corrected chi connectivity index (χ1v) is 5.07. The molecule has 1 aromatic carbocycles. The van der Waals surface area contributed by atoms with Gasteiger partial charge in [0.2, 0.25) is 0 Å². The van der Waals surface area contributed by atoms with E-state index >= 15 is 0 Å². The van der Waals surface area contributed by atoms with Crippen molar-refractivity contribution in [1.29, 1.82) is 0 Å². The molecular formula is C12H14O3. The molecule has 2 rings (SSSR count). The second kappa shape index (κ2) is 3.93. The van der Waals surface area contributed by atoms with E-state index in [1.54, 1.807) is 7.11 Å². The zero-order valence-electron chi connectivity index (χ0n) is 8.95. The fourth-order valence-corrected chi connectivity index (χ4v) is 1.37. The lowest BCUT2D eigenvalue weighted by Gasteiger charge is -2.09. The number of benzene rings is 1. The Bertz CT molecular complexity index is 380. The van der Waals surface area contributed by atoms with E-state index in [4.69, 9.17) is 9.47 Å². The molecule has 0 spiro atoms. The molecule has 0 saturated heterocycles. The average molecular weight is 206 g/mol. The van der Waals surface area contributed by atoms with Crippen LogP contribution in [0.4, 0.5) is 0 Å². The summed E-state index contributed by atoms with van der Waals surface area (Å²) in [5, 5.41) is 0. The Labute approximate surface area is 89.0 Å². The molecule has 1 saturated carbocycles. The van der Waals surface area contributed by atoms with Crippen LogP contribution in [0.5, 0.6) is 11.5 Å². The van der Waals surface area contributed by atoms with Crippen LogP contribution in [0.2, 0.25) is 0 Å². The average Bonchev–Trinajstić information content (AvgIpc) is 3.01. The lowest BCUT2D eigenvalue weighted by atomic mass is 10.2. The summed E-state index contributed by atoms with van der Waals surface area (Å²) in [6.45, 7) is 1.95. The number of hydrogen-bond donors (Lipinski definition) is 0. The summed E-state index contributed by atoms with van der Waals surface area (Å²) in [5.74, 6) is 1.10. The summed E-state index contributed by atoms with van der Waals surface area (Å²) in [6.07, 6.45) is 1.90. The summed E-state index contributed by atoms with van der Waals surface area (Å²) in [4.78, 5) is 11.5. The summed E-state index contributed by atoms with van der Waals surface area (Å²) in [7, 11) is 1.57. The standard InChI is InChI=1S/C12H14O3/c1-8-3-6-10(14-2)11(7-8)15-12(13)9-4-5-9/h3,6-7,9H,4-5H2,1-2H3. The summed E-state index contributed by atoms with van der Waals surface area (Å²) >= 11 is 0. The van der Waals surface area contributed by atoms with Crippen LogP contribution in [0.25, 0.3) is 0 Å². The molecular weight excluding hydrogens is 192 g/mol. The topological polar surface area (TPSA) is 35.5 Å². The van der Waals surface area contributed by atoms with E-state index < -0.39 is 0 Å². The normalized spacial score (nSPS) is 14.8. The number of esters is 1. The van der Waals surface area contributed by atoms with Gasteiger partial charge in [-0.2, -0.15) is 0 Å². The third-order valence-corrected chi connectivity index (χ3v) is 2.44. The second-order valence-corrected chi connectivity index (χ2v) is 3.85. The summed E-state index contributed by atoms with van der Waals surface area (Å²) in [5.41, 5.74) is 1.05. The molecule has 0 heterocycles. The molecule has 0 aliphatic heterocycles. The first-order valence-electron chi connectivity index (χ1n) is 5.07. The third kappa shape index (κ3) is 2.29. The maximum absolute atomic E-state index is 11.5. The fraction of sp³-hybridized carbons (Fsp3) is 0.417. The van der Waals surface area contributed by atoms with Crippen LogP contribution in [0, 0.1) is 12.8 Å². The molecule has 0 aromatic heterocycles. The second-order valence-electron chi connectivity index (χ2n) is 3.85. The van der Waals surface area contributed by atoms with E-state index in [1.807, 2.05) is 25.1 Å². The zero-order valence-corrected chi connectivity index (χ0v) is 8.95. The number of carbonyl (C=O) groups excluding carboxylic acids is 1. The molecule has 80 valence electrons. The van der Waals surface area contributed by atoms with E-state index in [2.05, 4.69) is 0 Å². The summed E-state index contributed by atoms with van der Waals surface area (Å²) in [6, 6.07) is 5.55. The highest BCUT2D eigenvalue weighted by Crippen LogP contribution is 2.34. The van der Waals surface area contributed by atoms with Crippen LogP contribution in [-0.4, -0.2) is 13.1 Å². The van der Waals surface area contributed by atoms with Crippen LogP contribution in [0.1, 0.15) is 18.4 Å². The molecule has 1 aliphatic rings. The van der Waals surface area contributed by atoms with Crippen LogP contribution < -0.4 is 9.47 Å². The molecule has 0 bridgehead atoms. The number of aryl methyl sites for hydroxylation is 1. The number of methoxy groups -OCH3 is 1.